The highest BCUT2D eigenvalue weighted by Gasteiger charge is 2.26. The summed E-state index contributed by atoms with van der Waals surface area (Å²) in [7, 11) is 0. The topological polar surface area (TPSA) is 59.8 Å². The zero-order chi connectivity index (χ0) is 17.6. The molecule has 1 aliphatic carbocycles. The monoisotopic (exact) mass is 341 g/mol. The molecular formula is C20H23NO4. The van der Waals surface area contributed by atoms with Crippen molar-refractivity contribution in [3.05, 3.63) is 39.2 Å². The molecule has 0 N–H and O–H groups in total. The van der Waals surface area contributed by atoms with Crippen molar-refractivity contribution < 1.29 is 13.9 Å². The van der Waals surface area contributed by atoms with E-state index in [1.54, 1.807) is 6.92 Å². The van der Waals surface area contributed by atoms with Crippen LogP contribution in [0.15, 0.2) is 21.3 Å². The average Bonchev–Trinajstić information content (AvgIpc) is 3.28. The summed E-state index contributed by atoms with van der Waals surface area (Å²) in [6.07, 6.45) is 4.29. The second-order valence-electron chi connectivity index (χ2n) is 7.06. The lowest BCUT2D eigenvalue weighted by atomic mass is 10.0. The summed E-state index contributed by atoms with van der Waals surface area (Å²) in [5.74, 6) is 0.626. The minimum atomic E-state index is -0.546. The van der Waals surface area contributed by atoms with Crippen LogP contribution in [0, 0.1) is 6.92 Å². The maximum Gasteiger partial charge on any atom is 0.339 e. The fourth-order valence-electron chi connectivity index (χ4n) is 4.03. The van der Waals surface area contributed by atoms with Gasteiger partial charge >= 0.3 is 5.63 Å². The molecule has 2 aliphatic rings. The maximum atomic E-state index is 12.5. The molecule has 1 amide bonds. The third-order valence-electron chi connectivity index (χ3n) is 5.41. The van der Waals surface area contributed by atoms with Crippen LogP contribution < -0.4 is 10.4 Å². The van der Waals surface area contributed by atoms with E-state index in [0.29, 0.717) is 11.3 Å². The first-order chi connectivity index (χ1) is 12.1. The van der Waals surface area contributed by atoms with Gasteiger partial charge in [0, 0.05) is 29.6 Å². The third kappa shape index (κ3) is 2.71. The number of likely N-dealkylation sites (tertiary alicyclic amines) is 1. The lowest BCUT2D eigenvalue weighted by molar-refractivity contribution is -0.136. The first-order valence-electron chi connectivity index (χ1n) is 9.10. The molecule has 132 valence electrons. The molecule has 1 atom stereocenters. The molecule has 1 aromatic heterocycles. The second-order valence-corrected chi connectivity index (χ2v) is 7.06. The molecule has 25 heavy (non-hydrogen) atoms. The standard InChI is InChI=1S/C20H23NO4/c1-12-17(24-13(2)19(22)21-10-3-4-11-21)9-8-15-14-6-5-7-16(14)20(23)25-18(12)15/h8-9,13H,3-7,10-11H2,1-2H3. The molecule has 2 heterocycles. The molecule has 5 heteroatoms. The molecule has 1 aliphatic heterocycles. The molecule has 0 radical (unpaired) electrons. The van der Waals surface area contributed by atoms with Gasteiger partial charge in [-0.15, -0.1) is 0 Å². The van der Waals surface area contributed by atoms with Crippen LogP contribution in [-0.2, 0) is 17.6 Å². The summed E-state index contributed by atoms with van der Waals surface area (Å²) >= 11 is 0. The van der Waals surface area contributed by atoms with Crippen molar-refractivity contribution in [3.63, 3.8) is 0 Å². The van der Waals surface area contributed by atoms with Crippen LogP contribution in [0.4, 0.5) is 0 Å². The highest BCUT2D eigenvalue weighted by molar-refractivity contribution is 5.86. The van der Waals surface area contributed by atoms with Gasteiger partial charge in [-0.2, -0.15) is 0 Å². The largest absolute Gasteiger partial charge is 0.480 e. The minimum absolute atomic E-state index is 0.0207. The van der Waals surface area contributed by atoms with E-state index in [2.05, 4.69) is 0 Å². The molecular weight excluding hydrogens is 318 g/mol. The normalized spacial score (nSPS) is 17.8. The minimum Gasteiger partial charge on any atom is -0.480 e. The van der Waals surface area contributed by atoms with Gasteiger partial charge in [-0.05, 0) is 63.6 Å². The third-order valence-corrected chi connectivity index (χ3v) is 5.41. The molecule has 0 spiro atoms. The summed E-state index contributed by atoms with van der Waals surface area (Å²) in [5.41, 5.74) is 3.07. The van der Waals surface area contributed by atoms with Crippen LogP contribution >= 0.6 is 0 Å². The first-order valence-corrected chi connectivity index (χ1v) is 9.10. The number of ether oxygens (including phenoxy) is 1. The van der Waals surface area contributed by atoms with E-state index in [1.165, 1.54) is 0 Å². The molecule has 1 unspecified atom stereocenters. The molecule has 5 nitrogen and oxygen atoms in total. The van der Waals surface area contributed by atoms with Crippen LogP contribution in [-0.4, -0.2) is 30.0 Å². The Balaban J connectivity index is 1.67. The van der Waals surface area contributed by atoms with E-state index in [0.717, 1.165) is 67.3 Å². The summed E-state index contributed by atoms with van der Waals surface area (Å²) in [6, 6.07) is 3.85. The van der Waals surface area contributed by atoms with E-state index in [4.69, 9.17) is 9.15 Å². The van der Waals surface area contributed by atoms with Crippen molar-refractivity contribution in [1.82, 2.24) is 4.90 Å². The number of hydrogen-bond donors (Lipinski definition) is 0. The highest BCUT2D eigenvalue weighted by Crippen LogP contribution is 2.33. The Kier molecular flexibility index (Phi) is 4.02. The Morgan fingerprint density at radius 2 is 1.88 bits per heavy atom. The van der Waals surface area contributed by atoms with Crippen LogP contribution in [0.25, 0.3) is 11.0 Å². The van der Waals surface area contributed by atoms with Crippen molar-refractivity contribution in [2.75, 3.05) is 13.1 Å². The van der Waals surface area contributed by atoms with Crippen LogP contribution in [0.5, 0.6) is 5.75 Å². The fraction of sp³-hybridized carbons (Fsp3) is 0.500. The van der Waals surface area contributed by atoms with Crippen molar-refractivity contribution in [3.8, 4) is 5.75 Å². The van der Waals surface area contributed by atoms with Crippen molar-refractivity contribution in [2.24, 2.45) is 0 Å². The number of carbonyl (C=O) groups is 1. The molecule has 1 saturated heterocycles. The van der Waals surface area contributed by atoms with E-state index < -0.39 is 6.10 Å². The van der Waals surface area contributed by atoms with Gasteiger partial charge < -0.3 is 14.1 Å². The average molecular weight is 341 g/mol. The molecule has 1 aromatic carbocycles. The number of benzene rings is 1. The van der Waals surface area contributed by atoms with Crippen LogP contribution in [0.1, 0.15) is 42.9 Å². The zero-order valence-corrected chi connectivity index (χ0v) is 14.8. The van der Waals surface area contributed by atoms with E-state index in [-0.39, 0.29) is 11.5 Å². The van der Waals surface area contributed by atoms with Gasteiger partial charge in [0.25, 0.3) is 5.91 Å². The molecule has 2 aromatic rings. The Labute approximate surface area is 146 Å². The van der Waals surface area contributed by atoms with Gasteiger partial charge in [0.05, 0.1) is 0 Å². The highest BCUT2D eigenvalue weighted by atomic mass is 16.5. The number of rotatable bonds is 3. The van der Waals surface area contributed by atoms with Crippen molar-refractivity contribution in [2.45, 2.75) is 52.1 Å². The van der Waals surface area contributed by atoms with Gasteiger partial charge in [0.1, 0.15) is 11.3 Å². The first kappa shape index (κ1) is 16.2. The van der Waals surface area contributed by atoms with Gasteiger partial charge in [-0.1, -0.05) is 0 Å². The second kappa shape index (κ2) is 6.21. The lowest BCUT2D eigenvalue weighted by Gasteiger charge is -2.22. The van der Waals surface area contributed by atoms with Gasteiger partial charge in [0.2, 0.25) is 0 Å². The molecule has 0 bridgehead atoms. The Hall–Kier alpha value is -2.30. The summed E-state index contributed by atoms with van der Waals surface area (Å²) in [4.78, 5) is 26.5. The summed E-state index contributed by atoms with van der Waals surface area (Å²) < 4.78 is 11.5. The number of hydrogen-bond acceptors (Lipinski definition) is 4. The quantitative estimate of drug-likeness (QED) is 0.805. The lowest BCUT2D eigenvalue weighted by Crippen LogP contribution is -2.38. The zero-order valence-electron chi connectivity index (χ0n) is 14.8. The van der Waals surface area contributed by atoms with Gasteiger partial charge in [-0.3, -0.25) is 4.79 Å². The Bertz CT molecular complexity index is 893. The number of carbonyl (C=O) groups excluding carboxylic acids is 1. The Morgan fingerprint density at radius 3 is 2.64 bits per heavy atom. The summed E-state index contributed by atoms with van der Waals surface area (Å²) in [6.45, 7) is 5.28. The Morgan fingerprint density at radius 1 is 1.16 bits per heavy atom. The summed E-state index contributed by atoms with van der Waals surface area (Å²) in [5, 5.41) is 0.996. The maximum absolute atomic E-state index is 12.5. The smallest absolute Gasteiger partial charge is 0.339 e. The number of nitrogens with zero attached hydrogens (tertiary/aromatic N) is 1. The fourth-order valence-corrected chi connectivity index (χ4v) is 4.03. The van der Waals surface area contributed by atoms with E-state index >= 15 is 0 Å². The molecule has 0 saturated carbocycles. The van der Waals surface area contributed by atoms with Crippen molar-refractivity contribution >= 4 is 16.9 Å². The number of amides is 1. The van der Waals surface area contributed by atoms with Gasteiger partial charge in [-0.25, -0.2) is 4.79 Å². The van der Waals surface area contributed by atoms with E-state index in [1.807, 2.05) is 24.0 Å². The van der Waals surface area contributed by atoms with Crippen LogP contribution in [0.2, 0.25) is 0 Å². The predicted molar refractivity (Wildman–Crippen MR) is 95.2 cm³/mol. The SMILES string of the molecule is Cc1c(OC(C)C(=O)N2CCCC2)ccc2c3c(c(=O)oc12)CCC3. The van der Waals surface area contributed by atoms with Gasteiger partial charge in [0.15, 0.2) is 6.10 Å². The van der Waals surface area contributed by atoms with Crippen LogP contribution in [0.3, 0.4) is 0 Å². The number of fused-ring (bicyclic) bond motifs is 3. The molecule has 4 rings (SSSR count). The predicted octanol–water partition coefficient (Wildman–Crippen LogP) is 2.98. The molecule has 1 fully saturated rings. The van der Waals surface area contributed by atoms with E-state index in [9.17, 15) is 9.59 Å². The number of aryl methyl sites for hydroxylation is 2. The van der Waals surface area contributed by atoms with Crippen molar-refractivity contribution in [1.29, 1.82) is 0 Å².